The molecule has 2 aromatic carbocycles. The van der Waals surface area contributed by atoms with Gasteiger partial charge in [0, 0.05) is 12.6 Å². The summed E-state index contributed by atoms with van der Waals surface area (Å²) < 4.78 is 5.38. The Balaban J connectivity index is 0.00000341. The molecule has 6 nitrogen and oxygen atoms in total. The third kappa shape index (κ3) is 8.40. The van der Waals surface area contributed by atoms with Crippen LogP contribution in [0.5, 0.6) is 5.75 Å². The van der Waals surface area contributed by atoms with Gasteiger partial charge in [0.1, 0.15) is 5.75 Å². The van der Waals surface area contributed by atoms with E-state index in [1.165, 1.54) is 18.4 Å². The molecule has 0 saturated heterocycles. The van der Waals surface area contributed by atoms with E-state index in [0.29, 0.717) is 24.3 Å². The molecule has 0 heterocycles. The van der Waals surface area contributed by atoms with Crippen molar-refractivity contribution in [1.82, 2.24) is 10.6 Å². The molecule has 2 aromatic rings. The molecule has 31 heavy (non-hydrogen) atoms. The molecule has 0 aromatic heterocycles. The van der Waals surface area contributed by atoms with E-state index in [4.69, 9.17) is 15.5 Å². The zero-order chi connectivity index (χ0) is 21.2. The van der Waals surface area contributed by atoms with Gasteiger partial charge in [-0.25, -0.2) is 4.99 Å². The second-order valence-electron chi connectivity index (χ2n) is 7.70. The van der Waals surface area contributed by atoms with Crippen LogP contribution in [-0.4, -0.2) is 31.1 Å². The summed E-state index contributed by atoms with van der Waals surface area (Å²) in [6, 6.07) is 18.8. The van der Waals surface area contributed by atoms with Crippen LogP contribution in [0.15, 0.2) is 59.6 Å². The number of carbonyl (C=O) groups is 1. The summed E-state index contributed by atoms with van der Waals surface area (Å²) >= 11 is 0. The number of nitrogens with zero attached hydrogens (tertiary/aromatic N) is 1. The molecule has 0 spiro atoms. The molecular formula is C24H33IN4O2. The van der Waals surface area contributed by atoms with E-state index in [1.807, 2.05) is 24.3 Å². The maximum absolute atomic E-state index is 10.9. The van der Waals surface area contributed by atoms with E-state index >= 15 is 0 Å². The van der Waals surface area contributed by atoms with Gasteiger partial charge < -0.3 is 21.1 Å². The topological polar surface area (TPSA) is 88.7 Å². The smallest absolute Gasteiger partial charge is 0.255 e. The number of benzene rings is 2. The highest BCUT2D eigenvalue weighted by molar-refractivity contribution is 14.0. The highest BCUT2D eigenvalue weighted by Crippen LogP contribution is 2.32. The fraction of sp³-hybridized carbons (Fsp3) is 0.417. The van der Waals surface area contributed by atoms with E-state index < -0.39 is 5.91 Å². The first-order chi connectivity index (χ1) is 14.6. The van der Waals surface area contributed by atoms with Gasteiger partial charge in [0.15, 0.2) is 12.6 Å². The fourth-order valence-corrected chi connectivity index (χ4v) is 3.87. The first-order valence-corrected chi connectivity index (χ1v) is 10.7. The lowest BCUT2D eigenvalue weighted by molar-refractivity contribution is -0.119. The summed E-state index contributed by atoms with van der Waals surface area (Å²) in [6.45, 7) is 3.29. The van der Waals surface area contributed by atoms with Crippen molar-refractivity contribution in [1.29, 1.82) is 0 Å². The van der Waals surface area contributed by atoms with Crippen LogP contribution in [0.2, 0.25) is 0 Å². The van der Waals surface area contributed by atoms with Crippen LogP contribution < -0.4 is 21.1 Å². The molecule has 7 heteroatoms. The van der Waals surface area contributed by atoms with Crippen LogP contribution in [0.4, 0.5) is 0 Å². The Hall–Kier alpha value is -2.29. The number of rotatable bonds is 8. The molecule has 168 valence electrons. The van der Waals surface area contributed by atoms with Crippen LogP contribution in [-0.2, 0) is 11.3 Å². The van der Waals surface area contributed by atoms with Gasteiger partial charge in [0.05, 0.1) is 6.54 Å². The minimum Gasteiger partial charge on any atom is -0.484 e. The monoisotopic (exact) mass is 536 g/mol. The number of guanidine groups is 1. The van der Waals surface area contributed by atoms with Gasteiger partial charge in [-0.2, -0.15) is 0 Å². The quantitative estimate of drug-likeness (QED) is 0.271. The van der Waals surface area contributed by atoms with Crippen LogP contribution in [0.3, 0.4) is 0 Å². The van der Waals surface area contributed by atoms with Crippen molar-refractivity contribution in [2.45, 2.75) is 51.1 Å². The van der Waals surface area contributed by atoms with Gasteiger partial charge in [-0.1, -0.05) is 42.5 Å². The van der Waals surface area contributed by atoms with Crippen molar-refractivity contribution in [2.75, 3.05) is 13.2 Å². The van der Waals surface area contributed by atoms with Crippen LogP contribution >= 0.6 is 24.0 Å². The van der Waals surface area contributed by atoms with E-state index in [1.54, 1.807) is 0 Å². The van der Waals surface area contributed by atoms with Gasteiger partial charge >= 0.3 is 0 Å². The van der Waals surface area contributed by atoms with E-state index in [9.17, 15) is 4.79 Å². The van der Waals surface area contributed by atoms with Gasteiger partial charge in [-0.3, -0.25) is 4.79 Å². The number of primary amides is 1. The fourth-order valence-electron chi connectivity index (χ4n) is 3.87. The average Bonchev–Trinajstić information content (AvgIpc) is 2.78. The standard InChI is InChI=1S/C24H32N4O2.HI/c1-2-26-24(27-16-18-7-6-10-22(15-18)30-17-23(25)29)28-21-13-11-20(12-14-21)19-8-4-3-5-9-19;/h3-10,15,20-21H,2,11-14,16-17H2,1H3,(H2,25,29)(H2,26,27,28);1H. The lowest BCUT2D eigenvalue weighted by Crippen LogP contribution is -2.44. The van der Waals surface area contributed by atoms with E-state index in [-0.39, 0.29) is 30.6 Å². The maximum atomic E-state index is 10.9. The molecule has 1 aliphatic rings. The van der Waals surface area contributed by atoms with Crippen molar-refractivity contribution in [3.8, 4) is 5.75 Å². The van der Waals surface area contributed by atoms with Gasteiger partial charge in [0.2, 0.25) is 0 Å². The Bertz CT molecular complexity index is 836. The van der Waals surface area contributed by atoms with E-state index in [0.717, 1.165) is 30.9 Å². The number of carbonyl (C=O) groups excluding carboxylic acids is 1. The number of amides is 1. The van der Waals surface area contributed by atoms with Crippen LogP contribution in [0, 0.1) is 0 Å². The summed E-state index contributed by atoms with van der Waals surface area (Å²) in [7, 11) is 0. The average molecular weight is 536 g/mol. The Morgan fingerprint density at radius 2 is 1.84 bits per heavy atom. The number of aliphatic imine (C=N–C) groups is 1. The lowest BCUT2D eigenvalue weighted by Gasteiger charge is -2.30. The second-order valence-corrected chi connectivity index (χ2v) is 7.70. The second kappa shape index (κ2) is 13.2. The third-order valence-corrected chi connectivity index (χ3v) is 5.38. The predicted octanol–water partition coefficient (Wildman–Crippen LogP) is 3.95. The minimum absolute atomic E-state index is 0. The Kier molecular flexibility index (Phi) is 10.6. The number of hydrogen-bond donors (Lipinski definition) is 3. The molecule has 0 radical (unpaired) electrons. The predicted molar refractivity (Wildman–Crippen MR) is 136 cm³/mol. The molecule has 1 aliphatic carbocycles. The molecule has 0 bridgehead atoms. The first-order valence-electron chi connectivity index (χ1n) is 10.7. The normalized spacial score (nSPS) is 18.5. The summed E-state index contributed by atoms with van der Waals surface area (Å²) in [6.07, 6.45) is 4.67. The largest absolute Gasteiger partial charge is 0.484 e. The van der Waals surface area contributed by atoms with Crippen molar-refractivity contribution in [3.63, 3.8) is 0 Å². The number of hydrogen-bond acceptors (Lipinski definition) is 3. The zero-order valence-electron chi connectivity index (χ0n) is 18.0. The summed E-state index contributed by atoms with van der Waals surface area (Å²) in [5.41, 5.74) is 7.61. The molecule has 3 rings (SSSR count). The molecule has 4 N–H and O–H groups in total. The number of nitrogens with one attached hydrogen (secondary N) is 2. The van der Waals surface area contributed by atoms with Gasteiger partial charge in [-0.15, -0.1) is 24.0 Å². The number of halogens is 1. The highest BCUT2D eigenvalue weighted by atomic mass is 127. The first kappa shape index (κ1) is 25.0. The third-order valence-electron chi connectivity index (χ3n) is 5.38. The summed E-state index contributed by atoms with van der Waals surface area (Å²) in [5.74, 6) is 1.63. The van der Waals surface area contributed by atoms with Crippen molar-refractivity contribution < 1.29 is 9.53 Å². The highest BCUT2D eigenvalue weighted by Gasteiger charge is 2.22. The Morgan fingerprint density at radius 3 is 2.52 bits per heavy atom. The summed E-state index contributed by atoms with van der Waals surface area (Å²) in [5, 5.41) is 6.94. The van der Waals surface area contributed by atoms with Gasteiger partial charge in [-0.05, 0) is 61.8 Å². The van der Waals surface area contributed by atoms with Crippen LogP contribution in [0.25, 0.3) is 0 Å². The minimum atomic E-state index is -0.487. The number of ether oxygens (including phenoxy) is 1. The number of nitrogens with two attached hydrogens (primary N) is 1. The Labute approximate surface area is 202 Å². The Morgan fingerprint density at radius 1 is 1.10 bits per heavy atom. The molecule has 1 amide bonds. The molecule has 0 aliphatic heterocycles. The van der Waals surface area contributed by atoms with Crippen molar-refractivity contribution in [2.24, 2.45) is 10.7 Å². The summed E-state index contributed by atoms with van der Waals surface area (Å²) in [4.78, 5) is 15.6. The molecular weight excluding hydrogens is 503 g/mol. The molecule has 1 fully saturated rings. The maximum Gasteiger partial charge on any atom is 0.255 e. The van der Waals surface area contributed by atoms with Gasteiger partial charge in [0.25, 0.3) is 5.91 Å². The molecule has 0 unspecified atom stereocenters. The zero-order valence-corrected chi connectivity index (χ0v) is 20.4. The van der Waals surface area contributed by atoms with Crippen LogP contribution in [0.1, 0.15) is 49.7 Å². The molecule has 1 saturated carbocycles. The van der Waals surface area contributed by atoms with Crippen molar-refractivity contribution in [3.05, 3.63) is 65.7 Å². The van der Waals surface area contributed by atoms with E-state index in [2.05, 4.69) is 47.9 Å². The van der Waals surface area contributed by atoms with Crippen molar-refractivity contribution >= 4 is 35.8 Å². The molecule has 0 atom stereocenters. The lowest BCUT2D eigenvalue weighted by atomic mass is 9.82. The SMILES string of the molecule is CCNC(=NCc1cccc(OCC(N)=O)c1)NC1CCC(c2ccccc2)CC1.I.